The topological polar surface area (TPSA) is 51.2 Å². The van der Waals surface area contributed by atoms with Crippen LogP contribution in [0, 0.1) is 11.6 Å². The molecule has 0 aliphatic heterocycles. The molecule has 2 aliphatic carbocycles. The Labute approximate surface area is 669 Å². The molecule has 116 heavy (non-hydrogen) atoms. The largest absolute Gasteiger partial charge is 0.457 e. The van der Waals surface area contributed by atoms with Gasteiger partial charge in [-0.05, 0) is 258 Å². The standard InChI is InChI=1S/C108H70F2N2O4/c1-3-69-21-53-87(54-22-69)113-89-57-37-77(38-58-89)107(75-33-41-79(109)42-34-75)99-17-9-5-13-91(99)93-61-49-83(65-101(93)107)111(85-51-63-97-95-15-7-11-19-103(95)115-105(97)67-85)81-45-29-73(30-46-81)71-25-27-72(28-26-71)74-31-47-82(48-32-74)112(86-52-64-98-96-16-8-12-20-104(96)116-106(98)68-86)84-50-62-94-92-14-6-10-18-100(92)108(102(94)66-84,76-35-43-80(110)44-36-76)78-39-59-90(60-40-78)114-88-55-23-70(4-2)24-56-88/h3-68H,1-2H2. The molecule has 2 heterocycles. The lowest BCUT2D eigenvalue weighted by atomic mass is 9.67. The van der Waals surface area contributed by atoms with Crippen molar-refractivity contribution in [3.63, 3.8) is 0 Å². The summed E-state index contributed by atoms with van der Waals surface area (Å²) < 4.78 is 56.7. The van der Waals surface area contributed by atoms with Crippen LogP contribution in [0.25, 0.3) is 101 Å². The summed E-state index contributed by atoms with van der Waals surface area (Å²) in [4.78, 5) is 4.61. The van der Waals surface area contributed by atoms with Crippen LogP contribution in [0.15, 0.2) is 410 Å². The lowest BCUT2D eigenvalue weighted by Crippen LogP contribution is -2.28. The molecule has 0 fully saturated rings. The van der Waals surface area contributed by atoms with E-state index in [2.05, 4.69) is 253 Å². The van der Waals surface area contributed by atoms with Gasteiger partial charge >= 0.3 is 0 Å². The first-order chi connectivity index (χ1) is 57.1. The third-order valence-corrected chi connectivity index (χ3v) is 23.4. The molecule has 0 saturated carbocycles. The molecule has 2 unspecified atom stereocenters. The quantitative estimate of drug-likeness (QED) is 0.0853. The molecule has 8 heteroatoms. The zero-order valence-corrected chi connectivity index (χ0v) is 62.8. The molecule has 0 saturated heterocycles. The van der Waals surface area contributed by atoms with Crippen LogP contribution >= 0.6 is 0 Å². The van der Waals surface area contributed by atoms with Crippen molar-refractivity contribution in [3.05, 3.63) is 469 Å². The van der Waals surface area contributed by atoms with Gasteiger partial charge in [0.25, 0.3) is 0 Å². The first-order valence-corrected chi connectivity index (χ1v) is 38.9. The van der Waals surface area contributed by atoms with Gasteiger partial charge in [-0.25, -0.2) is 8.78 Å². The maximum Gasteiger partial charge on any atom is 0.137 e. The third kappa shape index (κ3) is 11.5. The number of para-hydroxylation sites is 2. The lowest BCUT2D eigenvalue weighted by molar-refractivity contribution is 0.482. The number of hydrogen-bond donors (Lipinski definition) is 0. The Morgan fingerprint density at radius 3 is 0.905 bits per heavy atom. The third-order valence-electron chi connectivity index (χ3n) is 23.4. The number of benzene rings is 17. The number of ether oxygens (including phenoxy) is 2. The van der Waals surface area contributed by atoms with E-state index in [1.165, 1.54) is 0 Å². The van der Waals surface area contributed by atoms with E-state index in [-0.39, 0.29) is 11.6 Å². The van der Waals surface area contributed by atoms with Crippen molar-refractivity contribution in [2.75, 3.05) is 9.80 Å². The molecule has 2 atom stereocenters. The fourth-order valence-electron chi connectivity index (χ4n) is 18.0. The van der Waals surface area contributed by atoms with E-state index >= 15 is 8.78 Å². The van der Waals surface area contributed by atoms with Gasteiger partial charge in [-0.15, -0.1) is 0 Å². The lowest BCUT2D eigenvalue weighted by Gasteiger charge is -2.35. The molecule has 17 aromatic carbocycles. The molecular weight excluding hydrogens is 1430 g/mol. The summed E-state index contributed by atoms with van der Waals surface area (Å²) in [5.74, 6) is 2.21. The van der Waals surface area contributed by atoms with Crippen molar-refractivity contribution >= 4 is 90.2 Å². The molecule has 2 aliphatic rings. The van der Waals surface area contributed by atoms with Gasteiger partial charge in [0.05, 0.1) is 10.8 Å². The average Bonchev–Trinajstić information content (AvgIpc) is 1.53. The minimum absolute atomic E-state index is 0.307. The Kier molecular flexibility index (Phi) is 16.6. The summed E-state index contributed by atoms with van der Waals surface area (Å²) in [6.07, 6.45) is 3.63. The monoisotopic (exact) mass is 1500 g/mol. The predicted molar refractivity (Wildman–Crippen MR) is 469 cm³/mol. The Bertz CT molecular complexity index is 6610. The number of anilines is 6. The highest BCUT2D eigenvalue weighted by molar-refractivity contribution is 6.08. The number of rotatable bonds is 18. The second-order valence-corrected chi connectivity index (χ2v) is 29.8. The molecule has 550 valence electrons. The van der Waals surface area contributed by atoms with Gasteiger partial charge in [0.2, 0.25) is 0 Å². The van der Waals surface area contributed by atoms with Crippen molar-refractivity contribution in [2.24, 2.45) is 0 Å². The van der Waals surface area contributed by atoms with Crippen LogP contribution in [0.5, 0.6) is 23.0 Å². The number of halogens is 2. The maximum absolute atomic E-state index is 15.3. The van der Waals surface area contributed by atoms with Gasteiger partial charge in [-0.1, -0.05) is 244 Å². The number of furan rings is 2. The highest BCUT2D eigenvalue weighted by Gasteiger charge is 2.48. The Hall–Kier alpha value is -15.1. The van der Waals surface area contributed by atoms with E-state index in [9.17, 15) is 0 Å². The van der Waals surface area contributed by atoms with Crippen LogP contribution in [0.3, 0.4) is 0 Å². The summed E-state index contributed by atoms with van der Waals surface area (Å²) in [7, 11) is 0. The van der Waals surface area contributed by atoms with Crippen LogP contribution < -0.4 is 19.3 Å². The zero-order valence-electron chi connectivity index (χ0n) is 62.8. The average molecular weight is 1500 g/mol. The van der Waals surface area contributed by atoms with E-state index in [4.69, 9.17) is 18.3 Å². The summed E-state index contributed by atoms with van der Waals surface area (Å²) in [5.41, 5.74) is 25.9. The molecule has 21 rings (SSSR count). The van der Waals surface area contributed by atoms with Gasteiger partial charge < -0.3 is 28.1 Å². The van der Waals surface area contributed by atoms with Gasteiger partial charge in [-0.3, -0.25) is 0 Å². The van der Waals surface area contributed by atoms with Crippen molar-refractivity contribution in [1.29, 1.82) is 0 Å². The molecule has 2 aromatic heterocycles. The van der Waals surface area contributed by atoms with Crippen molar-refractivity contribution in [1.82, 2.24) is 0 Å². The minimum Gasteiger partial charge on any atom is -0.457 e. The normalized spacial score (nSPS) is 14.4. The molecule has 0 bridgehead atoms. The maximum atomic E-state index is 15.3. The van der Waals surface area contributed by atoms with Crippen LogP contribution in [0.2, 0.25) is 0 Å². The van der Waals surface area contributed by atoms with Crippen LogP contribution in [0.4, 0.5) is 42.9 Å². The molecule has 6 nitrogen and oxygen atoms in total. The molecule has 0 spiro atoms. The summed E-state index contributed by atoms with van der Waals surface area (Å²) >= 11 is 0. The molecule has 0 amide bonds. The number of hydrogen-bond acceptors (Lipinski definition) is 6. The first kappa shape index (κ1) is 68.9. The van der Waals surface area contributed by atoms with E-state index in [1.54, 1.807) is 24.3 Å². The summed E-state index contributed by atoms with van der Waals surface area (Å²) in [6.45, 7) is 7.84. The second-order valence-electron chi connectivity index (χ2n) is 29.8. The number of nitrogens with zero attached hydrogens (tertiary/aromatic N) is 2. The van der Waals surface area contributed by atoms with Gasteiger partial charge in [-0.2, -0.15) is 0 Å². The molecule has 0 radical (unpaired) electrons. The van der Waals surface area contributed by atoms with E-state index in [0.29, 0.717) is 11.5 Å². The van der Waals surface area contributed by atoms with Gasteiger partial charge in [0.15, 0.2) is 0 Å². The molecular formula is C108H70F2N2O4. The van der Waals surface area contributed by atoms with E-state index in [1.807, 2.05) is 146 Å². The number of fused-ring (bicyclic) bond motifs is 12. The van der Waals surface area contributed by atoms with Crippen molar-refractivity contribution in [3.8, 4) is 67.5 Å². The molecule has 0 N–H and O–H groups in total. The Morgan fingerprint density at radius 1 is 0.250 bits per heavy atom. The smallest absolute Gasteiger partial charge is 0.137 e. The van der Waals surface area contributed by atoms with Crippen LogP contribution in [0.1, 0.15) is 55.6 Å². The second kappa shape index (κ2) is 28.0. The van der Waals surface area contributed by atoms with E-state index < -0.39 is 10.8 Å². The molecule has 19 aromatic rings. The summed E-state index contributed by atoms with van der Waals surface area (Å²) in [6, 6.07) is 133. The highest BCUT2D eigenvalue weighted by Crippen LogP contribution is 2.60. The Morgan fingerprint density at radius 2 is 0.534 bits per heavy atom. The minimum atomic E-state index is -0.869. The first-order valence-electron chi connectivity index (χ1n) is 38.9. The van der Waals surface area contributed by atoms with Crippen LogP contribution in [-0.4, -0.2) is 0 Å². The Balaban J connectivity index is 0.634. The van der Waals surface area contributed by atoms with Crippen LogP contribution in [-0.2, 0) is 10.8 Å². The SMILES string of the molecule is C=Cc1ccc(Oc2ccc(C3(c4ccc(F)cc4)c4ccccc4-c4ccc(N(c5ccc(-c6ccc(-c7ccc(N(c8ccc9c(c8)C(c8ccc(F)cc8)(c8ccc(Oc%10ccc(C=C)cc%10)cc8)c8ccccc8-9)c8ccc9c(c8)oc8ccccc89)cc7)cc6)cc5)c5ccc6c(c5)oc5ccccc56)cc43)cc2)cc1. The van der Waals surface area contributed by atoms with Crippen molar-refractivity contribution in [2.45, 2.75) is 10.8 Å². The van der Waals surface area contributed by atoms with Gasteiger partial charge in [0, 0.05) is 67.8 Å². The summed E-state index contributed by atoms with van der Waals surface area (Å²) in [5, 5.41) is 4.18. The fraction of sp³-hybridized carbons (Fsp3) is 0.0185. The highest BCUT2D eigenvalue weighted by atomic mass is 19.1. The predicted octanol–water partition coefficient (Wildman–Crippen LogP) is 29.6. The fourth-order valence-corrected chi connectivity index (χ4v) is 18.0. The van der Waals surface area contributed by atoms with Gasteiger partial charge in [0.1, 0.15) is 57.0 Å². The van der Waals surface area contributed by atoms with E-state index in [0.717, 1.165) is 190 Å². The zero-order chi connectivity index (χ0) is 77.6. The van der Waals surface area contributed by atoms with Crippen molar-refractivity contribution < 1.29 is 27.1 Å².